The number of fused-ring (bicyclic) bond motifs is 1. The van der Waals surface area contributed by atoms with E-state index >= 15 is 0 Å². The number of benzene rings is 1. The maximum absolute atomic E-state index is 11.5. The van der Waals surface area contributed by atoms with Gasteiger partial charge in [-0.2, -0.15) is 0 Å². The molecule has 3 aromatic rings. The van der Waals surface area contributed by atoms with Crippen LogP contribution in [0.4, 0.5) is 11.4 Å². The molecule has 0 spiro atoms. The van der Waals surface area contributed by atoms with E-state index in [1.807, 2.05) is 36.4 Å². The van der Waals surface area contributed by atoms with Crippen molar-refractivity contribution in [2.45, 2.75) is 6.10 Å². The van der Waals surface area contributed by atoms with Crippen LogP contribution in [0.3, 0.4) is 0 Å². The molecule has 1 aliphatic rings. The molecule has 0 radical (unpaired) electrons. The van der Waals surface area contributed by atoms with Crippen LogP contribution in [0.2, 0.25) is 0 Å². The summed E-state index contributed by atoms with van der Waals surface area (Å²) in [4.78, 5) is 20.2. The molecule has 0 fully saturated rings. The number of pyridine rings is 2. The summed E-state index contributed by atoms with van der Waals surface area (Å²) in [5, 5.41) is 3.22. The summed E-state index contributed by atoms with van der Waals surface area (Å²) >= 11 is 0. The van der Waals surface area contributed by atoms with Crippen LogP contribution in [0.15, 0.2) is 54.9 Å². The highest BCUT2D eigenvalue weighted by Crippen LogP contribution is 2.41. The number of aromatic nitrogens is 2. The van der Waals surface area contributed by atoms with Gasteiger partial charge in [0.05, 0.1) is 24.7 Å². The molecule has 1 unspecified atom stereocenters. The van der Waals surface area contributed by atoms with Crippen LogP contribution in [0.5, 0.6) is 17.4 Å². The topological polar surface area (TPSA) is 109 Å². The van der Waals surface area contributed by atoms with Gasteiger partial charge in [0.15, 0.2) is 11.5 Å². The van der Waals surface area contributed by atoms with Crippen molar-refractivity contribution in [1.82, 2.24) is 9.97 Å². The van der Waals surface area contributed by atoms with Gasteiger partial charge in [-0.15, -0.1) is 0 Å². The number of hydrogen-bond acceptors (Lipinski definition) is 7. The highest BCUT2D eigenvalue weighted by Gasteiger charge is 2.28. The van der Waals surface area contributed by atoms with Crippen LogP contribution in [-0.4, -0.2) is 35.7 Å². The number of nitrogens with one attached hydrogen (secondary N) is 1. The number of carbonyl (C=O) groups is 1. The molecule has 28 heavy (non-hydrogen) atoms. The summed E-state index contributed by atoms with van der Waals surface area (Å²) in [7, 11) is 1.55. The average Bonchev–Trinajstić information content (AvgIpc) is 2.74. The Morgan fingerprint density at radius 2 is 2.14 bits per heavy atom. The van der Waals surface area contributed by atoms with Gasteiger partial charge in [-0.3, -0.25) is 9.78 Å². The van der Waals surface area contributed by atoms with Crippen LogP contribution in [-0.2, 0) is 4.79 Å². The number of ether oxygens (including phenoxy) is 3. The summed E-state index contributed by atoms with van der Waals surface area (Å²) in [6.07, 6.45) is 2.56. The van der Waals surface area contributed by atoms with E-state index in [2.05, 4.69) is 15.3 Å². The van der Waals surface area contributed by atoms with Crippen LogP contribution in [0.1, 0.15) is 0 Å². The summed E-state index contributed by atoms with van der Waals surface area (Å²) in [6.45, 7) is 0.0799. The summed E-state index contributed by atoms with van der Waals surface area (Å²) in [5.41, 5.74) is 8.15. The van der Waals surface area contributed by atoms with Gasteiger partial charge in [0, 0.05) is 11.8 Å². The van der Waals surface area contributed by atoms with Crippen LogP contribution in [0, 0.1) is 0 Å². The van der Waals surface area contributed by atoms with Crippen molar-refractivity contribution >= 4 is 17.3 Å². The Morgan fingerprint density at radius 3 is 2.89 bits per heavy atom. The van der Waals surface area contributed by atoms with Gasteiger partial charge >= 0.3 is 0 Å². The van der Waals surface area contributed by atoms with E-state index in [4.69, 9.17) is 19.9 Å². The molecule has 8 heteroatoms. The average molecular weight is 378 g/mol. The summed E-state index contributed by atoms with van der Waals surface area (Å²) in [5.74, 6) is 0.789. The minimum absolute atomic E-state index is 0.0799. The van der Waals surface area contributed by atoms with Crippen LogP contribution < -0.4 is 25.3 Å². The van der Waals surface area contributed by atoms with Crippen LogP contribution in [0.25, 0.3) is 11.3 Å². The Kier molecular flexibility index (Phi) is 4.67. The molecule has 0 bridgehead atoms. The highest BCUT2D eigenvalue weighted by molar-refractivity contribution is 5.81. The molecule has 8 nitrogen and oxygen atoms in total. The van der Waals surface area contributed by atoms with Crippen molar-refractivity contribution in [3.05, 3.63) is 54.9 Å². The molecule has 1 atom stereocenters. The first kappa shape index (κ1) is 17.6. The number of rotatable bonds is 5. The number of carbonyl (C=O) groups excluding carboxylic acids is 1. The van der Waals surface area contributed by atoms with E-state index in [0.29, 0.717) is 34.3 Å². The smallest absolute Gasteiger partial charge is 0.262 e. The number of para-hydroxylation sites is 1. The van der Waals surface area contributed by atoms with E-state index in [-0.39, 0.29) is 6.61 Å². The SMILES string of the molecule is COc1nc(-c2cccc3c2OC(C(N)=O)CO3)ccc1Nc1cccnc1. The van der Waals surface area contributed by atoms with Gasteiger partial charge in [-0.1, -0.05) is 6.07 Å². The Balaban J connectivity index is 1.70. The molecule has 3 N–H and O–H groups in total. The predicted octanol–water partition coefficient (Wildman–Crippen LogP) is 2.52. The lowest BCUT2D eigenvalue weighted by molar-refractivity contribution is -0.126. The first-order valence-electron chi connectivity index (χ1n) is 8.60. The maximum Gasteiger partial charge on any atom is 0.262 e. The number of nitrogens with zero attached hydrogens (tertiary/aromatic N) is 2. The van der Waals surface area contributed by atoms with Crippen molar-refractivity contribution in [1.29, 1.82) is 0 Å². The Labute approximate surface area is 161 Å². The zero-order valence-electron chi connectivity index (χ0n) is 15.1. The molecule has 3 heterocycles. The molecule has 0 saturated carbocycles. The largest absolute Gasteiger partial charge is 0.485 e. The lowest BCUT2D eigenvalue weighted by Crippen LogP contribution is -2.41. The minimum atomic E-state index is -0.845. The highest BCUT2D eigenvalue weighted by atomic mass is 16.6. The summed E-state index contributed by atoms with van der Waals surface area (Å²) < 4.78 is 16.8. The van der Waals surface area contributed by atoms with Crippen molar-refractivity contribution in [3.63, 3.8) is 0 Å². The van der Waals surface area contributed by atoms with Gasteiger partial charge in [0.1, 0.15) is 12.3 Å². The van der Waals surface area contributed by atoms with E-state index in [9.17, 15) is 4.79 Å². The molecule has 0 aliphatic carbocycles. The number of primary amides is 1. The van der Waals surface area contributed by atoms with Gasteiger partial charge in [0.25, 0.3) is 5.91 Å². The van der Waals surface area contributed by atoms with Crippen LogP contribution >= 0.6 is 0 Å². The molecule has 1 aliphatic heterocycles. The van der Waals surface area contributed by atoms with Gasteiger partial charge in [0.2, 0.25) is 12.0 Å². The Bertz CT molecular complexity index is 1010. The quantitative estimate of drug-likeness (QED) is 0.702. The normalized spacial score (nSPS) is 15.0. The first-order valence-corrected chi connectivity index (χ1v) is 8.60. The minimum Gasteiger partial charge on any atom is -0.485 e. The first-order chi connectivity index (χ1) is 13.7. The Hall–Kier alpha value is -3.81. The third-order valence-corrected chi connectivity index (χ3v) is 4.22. The second kappa shape index (κ2) is 7.43. The van der Waals surface area contributed by atoms with Crippen molar-refractivity contribution in [3.8, 4) is 28.6 Å². The zero-order valence-corrected chi connectivity index (χ0v) is 15.1. The third-order valence-electron chi connectivity index (χ3n) is 4.22. The number of hydrogen-bond donors (Lipinski definition) is 2. The van der Waals surface area contributed by atoms with E-state index in [1.54, 1.807) is 25.6 Å². The lowest BCUT2D eigenvalue weighted by atomic mass is 10.1. The van der Waals surface area contributed by atoms with Gasteiger partial charge in [-0.05, 0) is 36.4 Å². The zero-order chi connectivity index (χ0) is 19.5. The fourth-order valence-electron chi connectivity index (χ4n) is 2.87. The van der Waals surface area contributed by atoms with Crippen molar-refractivity contribution in [2.75, 3.05) is 19.0 Å². The molecular formula is C20H18N4O4. The van der Waals surface area contributed by atoms with Crippen molar-refractivity contribution in [2.24, 2.45) is 5.73 Å². The van der Waals surface area contributed by atoms with E-state index in [1.165, 1.54) is 0 Å². The molecule has 0 saturated heterocycles. The van der Waals surface area contributed by atoms with Crippen molar-refractivity contribution < 1.29 is 19.0 Å². The number of methoxy groups -OCH3 is 1. The molecule has 4 rings (SSSR count). The molecule has 2 aromatic heterocycles. The number of amides is 1. The molecular weight excluding hydrogens is 360 g/mol. The third kappa shape index (κ3) is 3.39. The van der Waals surface area contributed by atoms with Gasteiger partial charge < -0.3 is 25.3 Å². The van der Waals surface area contributed by atoms with E-state index < -0.39 is 12.0 Å². The maximum atomic E-state index is 11.5. The number of anilines is 2. The predicted molar refractivity (Wildman–Crippen MR) is 103 cm³/mol. The number of nitrogens with two attached hydrogens (primary N) is 1. The lowest BCUT2D eigenvalue weighted by Gasteiger charge is -2.26. The second-order valence-corrected chi connectivity index (χ2v) is 6.07. The standard InChI is InChI=1S/C20H18N4O4/c1-26-20-15(23-12-4-3-9-22-10-12)8-7-14(24-20)13-5-2-6-16-18(13)28-17(11-27-16)19(21)25/h2-10,17,23H,11H2,1H3,(H2,21,25). The monoisotopic (exact) mass is 378 g/mol. The molecule has 1 amide bonds. The summed E-state index contributed by atoms with van der Waals surface area (Å²) in [6, 6.07) is 12.8. The fraction of sp³-hybridized carbons (Fsp3) is 0.150. The van der Waals surface area contributed by atoms with E-state index in [0.717, 1.165) is 5.69 Å². The van der Waals surface area contributed by atoms with Gasteiger partial charge in [-0.25, -0.2) is 4.98 Å². The fourth-order valence-corrected chi connectivity index (χ4v) is 2.87. The molecule has 142 valence electrons. The molecule has 1 aromatic carbocycles. The Morgan fingerprint density at radius 1 is 1.25 bits per heavy atom. The second-order valence-electron chi connectivity index (χ2n) is 6.07.